The summed E-state index contributed by atoms with van der Waals surface area (Å²) >= 11 is 0. The summed E-state index contributed by atoms with van der Waals surface area (Å²) in [5, 5.41) is 2.85. The quantitative estimate of drug-likeness (QED) is 0.859. The lowest BCUT2D eigenvalue weighted by Gasteiger charge is -2.16. The molecule has 0 spiro atoms. The minimum Gasteiger partial charge on any atom is -0.438 e. The topological polar surface area (TPSA) is 81.2 Å². The molecular formula is C17H23N3O2. The second kappa shape index (κ2) is 7.22. The lowest BCUT2D eigenvalue weighted by Crippen LogP contribution is -2.42. The number of nitrogens with one attached hydrogen (secondary N) is 1. The molecule has 1 unspecified atom stereocenters. The maximum absolute atomic E-state index is 12.0. The van der Waals surface area contributed by atoms with Crippen LogP contribution in [-0.2, 0) is 4.79 Å². The Labute approximate surface area is 130 Å². The van der Waals surface area contributed by atoms with Crippen molar-refractivity contribution in [3.05, 3.63) is 42.4 Å². The van der Waals surface area contributed by atoms with Crippen molar-refractivity contribution in [1.29, 1.82) is 0 Å². The first-order valence-electron chi connectivity index (χ1n) is 7.54. The van der Waals surface area contributed by atoms with Crippen molar-refractivity contribution >= 4 is 5.91 Å². The Morgan fingerprint density at radius 2 is 1.95 bits per heavy atom. The first-order valence-corrected chi connectivity index (χ1v) is 7.54. The fraction of sp³-hybridized carbons (Fsp3) is 0.412. The van der Waals surface area contributed by atoms with Crippen LogP contribution >= 0.6 is 0 Å². The van der Waals surface area contributed by atoms with Crippen LogP contribution in [0.3, 0.4) is 0 Å². The Balaban J connectivity index is 2.00. The minimum atomic E-state index is -0.508. The van der Waals surface area contributed by atoms with Crippen LogP contribution in [0.15, 0.2) is 40.9 Å². The number of nitrogens with zero attached hydrogens (tertiary/aromatic N) is 1. The lowest BCUT2D eigenvalue weighted by molar-refractivity contribution is -0.123. The Morgan fingerprint density at radius 3 is 2.59 bits per heavy atom. The number of amides is 1. The van der Waals surface area contributed by atoms with E-state index >= 15 is 0 Å². The van der Waals surface area contributed by atoms with Gasteiger partial charge in [0.25, 0.3) is 0 Å². The van der Waals surface area contributed by atoms with Crippen molar-refractivity contribution in [1.82, 2.24) is 10.3 Å². The number of carbonyl (C=O) groups is 1. The van der Waals surface area contributed by atoms with E-state index in [0.717, 1.165) is 5.56 Å². The molecule has 0 saturated heterocycles. The summed E-state index contributed by atoms with van der Waals surface area (Å²) in [4.78, 5) is 16.3. The van der Waals surface area contributed by atoms with E-state index in [4.69, 9.17) is 10.2 Å². The van der Waals surface area contributed by atoms with Crippen molar-refractivity contribution < 1.29 is 9.21 Å². The highest BCUT2D eigenvalue weighted by molar-refractivity contribution is 5.81. The highest BCUT2D eigenvalue weighted by Crippen LogP contribution is 2.22. The second-order valence-electron chi connectivity index (χ2n) is 5.90. The molecule has 0 aliphatic carbocycles. The third kappa shape index (κ3) is 4.18. The number of benzene rings is 1. The van der Waals surface area contributed by atoms with Gasteiger partial charge in [-0.25, -0.2) is 4.98 Å². The van der Waals surface area contributed by atoms with Crippen LogP contribution in [0.2, 0.25) is 0 Å². The van der Waals surface area contributed by atoms with Gasteiger partial charge in [-0.1, -0.05) is 44.2 Å². The number of rotatable bonds is 6. The third-order valence-electron chi connectivity index (χ3n) is 3.37. The van der Waals surface area contributed by atoms with Crippen molar-refractivity contribution in [3.8, 4) is 11.3 Å². The predicted octanol–water partition coefficient (Wildman–Crippen LogP) is 2.89. The van der Waals surface area contributed by atoms with Crippen LogP contribution in [0, 0.1) is 5.92 Å². The molecular weight excluding hydrogens is 278 g/mol. The minimum absolute atomic E-state index is 0.180. The molecule has 0 saturated carbocycles. The van der Waals surface area contributed by atoms with Gasteiger partial charge in [0, 0.05) is 5.56 Å². The van der Waals surface area contributed by atoms with Crippen molar-refractivity contribution in [2.45, 2.75) is 39.3 Å². The van der Waals surface area contributed by atoms with Gasteiger partial charge in [-0.2, -0.15) is 0 Å². The summed E-state index contributed by atoms with van der Waals surface area (Å²) in [7, 11) is 0. The molecule has 3 N–H and O–H groups in total. The van der Waals surface area contributed by atoms with E-state index in [1.54, 1.807) is 6.20 Å². The average molecular weight is 301 g/mol. The molecule has 0 fully saturated rings. The van der Waals surface area contributed by atoms with Gasteiger partial charge in [-0.3, -0.25) is 4.79 Å². The maximum Gasteiger partial charge on any atom is 0.237 e. The second-order valence-corrected chi connectivity index (χ2v) is 5.90. The zero-order valence-corrected chi connectivity index (χ0v) is 13.2. The molecule has 5 nitrogen and oxygen atoms in total. The van der Waals surface area contributed by atoms with Gasteiger partial charge in [0.2, 0.25) is 11.8 Å². The van der Waals surface area contributed by atoms with Gasteiger partial charge >= 0.3 is 0 Å². The van der Waals surface area contributed by atoms with E-state index in [2.05, 4.69) is 10.3 Å². The van der Waals surface area contributed by atoms with E-state index in [9.17, 15) is 4.79 Å². The maximum atomic E-state index is 12.0. The summed E-state index contributed by atoms with van der Waals surface area (Å²) in [6.07, 6.45) is 2.32. The van der Waals surface area contributed by atoms with Crippen LogP contribution in [-0.4, -0.2) is 16.9 Å². The van der Waals surface area contributed by atoms with Crippen LogP contribution in [0.4, 0.5) is 0 Å². The third-order valence-corrected chi connectivity index (χ3v) is 3.37. The van der Waals surface area contributed by atoms with Crippen molar-refractivity contribution in [3.63, 3.8) is 0 Å². The number of aromatic nitrogens is 1. The van der Waals surface area contributed by atoms with E-state index in [1.165, 1.54) is 0 Å². The molecule has 0 aliphatic rings. The van der Waals surface area contributed by atoms with E-state index in [-0.39, 0.29) is 11.9 Å². The van der Waals surface area contributed by atoms with Crippen LogP contribution in [0.1, 0.15) is 39.1 Å². The van der Waals surface area contributed by atoms with Crippen LogP contribution in [0.5, 0.6) is 0 Å². The monoisotopic (exact) mass is 301 g/mol. The predicted molar refractivity (Wildman–Crippen MR) is 85.9 cm³/mol. The summed E-state index contributed by atoms with van der Waals surface area (Å²) in [5.74, 6) is 1.36. The highest BCUT2D eigenvalue weighted by atomic mass is 16.4. The molecule has 0 aliphatic heterocycles. The number of nitrogens with two attached hydrogens (primary N) is 1. The Kier molecular flexibility index (Phi) is 5.33. The Bertz CT molecular complexity index is 607. The van der Waals surface area contributed by atoms with Gasteiger partial charge in [-0.05, 0) is 19.3 Å². The molecule has 118 valence electrons. The van der Waals surface area contributed by atoms with Gasteiger partial charge in [0.1, 0.15) is 6.04 Å². The van der Waals surface area contributed by atoms with Gasteiger partial charge < -0.3 is 15.5 Å². The smallest absolute Gasteiger partial charge is 0.237 e. The Hall–Kier alpha value is -2.14. The Morgan fingerprint density at radius 1 is 1.27 bits per heavy atom. The normalized spacial score (nSPS) is 13.9. The first kappa shape index (κ1) is 16.2. The zero-order chi connectivity index (χ0) is 16.1. The fourth-order valence-corrected chi connectivity index (χ4v) is 2.22. The fourth-order valence-electron chi connectivity index (χ4n) is 2.22. The molecule has 2 rings (SSSR count). The number of hydrogen-bond acceptors (Lipinski definition) is 4. The molecule has 0 bridgehead atoms. The summed E-state index contributed by atoms with van der Waals surface area (Å²) in [6, 6.07) is 8.90. The van der Waals surface area contributed by atoms with Crippen LogP contribution in [0.25, 0.3) is 11.3 Å². The molecule has 22 heavy (non-hydrogen) atoms. The molecule has 1 aromatic carbocycles. The zero-order valence-electron chi connectivity index (χ0n) is 13.2. The van der Waals surface area contributed by atoms with Gasteiger partial charge in [0.05, 0.1) is 12.2 Å². The van der Waals surface area contributed by atoms with E-state index < -0.39 is 6.04 Å². The average Bonchev–Trinajstić information content (AvgIpc) is 2.97. The van der Waals surface area contributed by atoms with Crippen molar-refractivity contribution in [2.75, 3.05) is 0 Å². The molecule has 1 amide bonds. The summed E-state index contributed by atoms with van der Waals surface area (Å²) in [6.45, 7) is 5.91. The van der Waals surface area contributed by atoms with Crippen LogP contribution < -0.4 is 11.1 Å². The summed E-state index contributed by atoms with van der Waals surface area (Å²) < 4.78 is 5.73. The van der Waals surface area contributed by atoms with Crippen molar-refractivity contribution in [2.24, 2.45) is 11.7 Å². The summed E-state index contributed by atoms with van der Waals surface area (Å²) in [5.41, 5.74) is 6.83. The molecule has 2 atom stereocenters. The number of carbonyl (C=O) groups excluding carboxylic acids is 1. The first-order chi connectivity index (χ1) is 10.5. The standard InChI is InChI=1S/C17H23N3O2/c1-11(2)9-14(18)16(21)20-12(3)17-19-10-15(22-17)13-7-5-4-6-8-13/h4-8,10-12,14H,9,18H2,1-3H3,(H,20,21)/t12?,14-/m0/s1. The molecule has 0 radical (unpaired) electrons. The number of oxazole rings is 1. The molecule has 5 heteroatoms. The lowest BCUT2D eigenvalue weighted by atomic mass is 10.0. The molecule has 2 aromatic rings. The SMILES string of the molecule is CC(C)C[C@H](N)C(=O)NC(C)c1ncc(-c2ccccc2)o1. The highest BCUT2D eigenvalue weighted by Gasteiger charge is 2.20. The largest absolute Gasteiger partial charge is 0.438 e. The molecule has 1 aromatic heterocycles. The van der Waals surface area contributed by atoms with E-state index in [1.807, 2.05) is 51.1 Å². The molecule has 1 heterocycles. The van der Waals surface area contributed by atoms with Gasteiger partial charge in [-0.15, -0.1) is 0 Å². The number of hydrogen-bond donors (Lipinski definition) is 2. The van der Waals surface area contributed by atoms with Gasteiger partial charge in [0.15, 0.2) is 5.76 Å². The van der Waals surface area contributed by atoms with E-state index in [0.29, 0.717) is 24.0 Å².